The van der Waals surface area contributed by atoms with E-state index in [1.54, 1.807) is 6.21 Å². The number of benzene rings is 2. The van der Waals surface area contributed by atoms with Crippen LogP contribution in [-0.2, 0) is 0 Å². The Hall–Kier alpha value is -2.92. The number of hydrazone groups is 1. The van der Waals surface area contributed by atoms with E-state index in [0.29, 0.717) is 10.9 Å². The highest BCUT2D eigenvalue weighted by atomic mass is 32.1. The lowest BCUT2D eigenvalue weighted by molar-refractivity contribution is 0.574. The summed E-state index contributed by atoms with van der Waals surface area (Å²) in [5.41, 5.74) is 5.92. The molecule has 0 saturated carbocycles. The van der Waals surface area contributed by atoms with E-state index in [2.05, 4.69) is 15.8 Å². The summed E-state index contributed by atoms with van der Waals surface area (Å²) in [5, 5.41) is 7.57. The van der Waals surface area contributed by atoms with Gasteiger partial charge in [-0.25, -0.2) is 0 Å². The summed E-state index contributed by atoms with van der Waals surface area (Å²) >= 11 is 5.20. The smallest absolute Gasteiger partial charge is 0.191 e. The first-order chi connectivity index (χ1) is 11.7. The molecule has 0 atom stereocenters. The van der Waals surface area contributed by atoms with Crippen LogP contribution in [0.2, 0.25) is 0 Å². The molecule has 0 saturated heterocycles. The fourth-order valence-electron chi connectivity index (χ4n) is 2.13. The Labute approximate surface area is 146 Å². The number of nitrogens with zero attached hydrogens (tertiary/aromatic N) is 1. The molecule has 2 N–H and O–H groups in total. The van der Waals surface area contributed by atoms with Crippen LogP contribution >= 0.6 is 12.2 Å². The van der Waals surface area contributed by atoms with Gasteiger partial charge in [0.15, 0.2) is 5.11 Å². The van der Waals surface area contributed by atoms with Gasteiger partial charge in [0.2, 0.25) is 0 Å². The first kappa shape index (κ1) is 16.0. The summed E-state index contributed by atoms with van der Waals surface area (Å²) in [4.78, 5) is 0. The molecule has 1 heterocycles. The summed E-state index contributed by atoms with van der Waals surface area (Å²) < 4.78 is 5.73. The molecule has 1 aromatic heterocycles. The second-order valence-corrected chi connectivity index (χ2v) is 5.67. The van der Waals surface area contributed by atoms with Gasteiger partial charge in [0.1, 0.15) is 11.5 Å². The Morgan fingerprint density at radius 1 is 1.00 bits per heavy atom. The molecular weight excluding hydrogens is 318 g/mol. The van der Waals surface area contributed by atoms with Crippen molar-refractivity contribution in [2.75, 3.05) is 5.32 Å². The number of aryl methyl sites for hydroxylation is 1. The van der Waals surface area contributed by atoms with Crippen LogP contribution in [-0.4, -0.2) is 11.3 Å². The third-order valence-corrected chi connectivity index (χ3v) is 3.55. The Kier molecular flexibility index (Phi) is 5.03. The predicted molar refractivity (Wildman–Crippen MR) is 102 cm³/mol. The maximum absolute atomic E-state index is 5.73. The lowest BCUT2D eigenvalue weighted by Crippen LogP contribution is -2.23. The van der Waals surface area contributed by atoms with Crippen molar-refractivity contribution in [3.8, 4) is 11.3 Å². The zero-order valence-corrected chi connectivity index (χ0v) is 14.0. The van der Waals surface area contributed by atoms with Crippen LogP contribution in [0, 0.1) is 6.92 Å². The van der Waals surface area contributed by atoms with Crippen molar-refractivity contribution in [1.29, 1.82) is 0 Å². The summed E-state index contributed by atoms with van der Waals surface area (Å²) in [5.74, 6) is 1.46. The Balaban J connectivity index is 1.55. The second-order valence-electron chi connectivity index (χ2n) is 5.26. The van der Waals surface area contributed by atoms with Crippen molar-refractivity contribution in [2.45, 2.75) is 6.92 Å². The summed E-state index contributed by atoms with van der Waals surface area (Å²) in [6.45, 7) is 2.04. The van der Waals surface area contributed by atoms with Crippen LogP contribution in [0.1, 0.15) is 11.3 Å². The summed E-state index contributed by atoms with van der Waals surface area (Å²) in [6, 6.07) is 21.7. The molecule has 0 unspecified atom stereocenters. The lowest BCUT2D eigenvalue weighted by atomic mass is 10.2. The fraction of sp³-hybridized carbons (Fsp3) is 0.0526. The average molecular weight is 335 g/mol. The van der Waals surface area contributed by atoms with E-state index in [1.807, 2.05) is 73.7 Å². The zero-order chi connectivity index (χ0) is 16.8. The number of nitrogens with one attached hydrogen (secondary N) is 2. The number of thiocarbonyl (C=S) groups is 1. The average Bonchev–Trinajstić information content (AvgIpc) is 3.07. The van der Waals surface area contributed by atoms with Crippen LogP contribution in [0.25, 0.3) is 11.3 Å². The molecule has 0 spiro atoms. The molecule has 3 rings (SSSR count). The van der Waals surface area contributed by atoms with Gasteiger partial charge in [0.25, 0.3) is 0 Å². The maximum atomic E-state index is 5.73. The number of hydrogen-bond donors (Lipinski definition) is 2. The van der Waals surface area contributed by atoms with Gasteiger partial charge in [-0.3, -0.25) is 5.43 Å². The quantitative estimate of drug-likeness (QED) is 0.416. The van der Waals surface area contributed by atoms with Gasteiger partial charge in [0, 0.05) is 11.3 Å². The first-order valence-corrected chi connectivity index (χ1v) is 7.93. The molecule has 3 aromatic rings. The van der Waals surface area contributed by atoms with E-state index in [4.69, 9.17) is 16.6 Å². The molecule has 0 aliphatic carbocycles. The molecule has 5 heteroatoms. The van der Waals surface area contributed by atoms with Crippen molar-refractivity contribution in [3.63, 3.8) is 0 Å². The number of rotatable bonds is 4. The Morgan fingerprint density at radius 2 is 1.75 bits per heavy atom. The molecule has 0 amide bonds. The molecule has 120 valence electrons. The van der Waals surface area contributed by atoms with E-state index in [1.165, 1.54) is 5.56 Å². The minimum absolute atomic E-state index is 0.421. The molecule has 4 nitrogen and oxygen atoms in total. The zero-order valence-electron chi connectivity index (χ0n) is 13.2. The van der Waals surface area contributed by atoms with Crippen molar-refractivity contribution in [3.05, 3.63) is 78.1 Å². The van der Waals surface area contributed by atoms with Crippen LogP contribution in [0.15, 0.2) is 76.2 Å². The van der Waals surface area contributed by atoms with E-state index in [-0.39, 0.29) is 0 Å². The normalized spacial score (nSPS) is 10.7. The van der Waals surface area contributed by atoms with Gasteiger partial charge in [-0.1, -0.05) is 48.0 Å². The summed E-state index contributed by atoms with van der Waals surface area (Å²) in [7, 11) is 0. The third kappa shape index (κ3) is 4.30. The SMILES string of the molecule is Cc1ccc(NC(=S)NN=Cc2ccc(-c3ccccc3)o2)cc1. The molecule has 0 bridgehead atoms. The number of anilines is 1. The van der Waals surface area contributed by atoms with Crippen LogP contribution in [0.3, 0.4) is 0 Å². The largest absolute Gasteiger partial charge is 0.455 e. The van der Waals surface area contributed by atoms with Gasteiger partial charge in [-0.2, -0.15) is 5.10 Å². The molecule has 0 radical (unpaired) electrons. The van der Waals surface area contributed by atoms with E-state index in [9.17, 15) is 0 Å². The Bertz CT molecular complexity index is 839. The van der Waals surface area contributed by atoms with Crippen molar-refractivity contribution in [1.82, 2.24) is 5.43 Å². The monoisotopic (exact) mass is 335 g/mol. The van der Waals surface area contributed by atoms with Gasteiger partial charge >= 0.3 is 0 Å². The van der Waals surface area contributed by atoms with E-state index in [0.717, 1.165) is 17.0 Å². The van der Waals surface area contributed by atoms with Crippen molar-refractivity contribution < 1.29 is 4.42 Å². The highest BCUT2D eigenvalue weighted by Gasteiger charge is 2.02. The van der Waals surface area contributed by atoms with Crippen LogP contribution in [0.5, 0.6) is 0 Å². The van der Waals surface area contributed by atoms with Gasteiger partial charge in [0.05, 0.1) is 6.21 Å². The first-order valence-electron chi connectivity index (χ1n) is 7.53. The highest BCUT2D eigenvalue weighted by molar-refractivity contribution is 7.80. The van der Waals surface area contributed by atoms with E-state index >= 15 is 0 Å². The van der Waals surface area contributed by atoms with Crippen molar-refractivity contribution in [2.24, 2.45) is 5.10 Å². The number of furan rings is 1. The number of hydrogen-bond acceptors (Lipinski definition) is 3. The Morgan fingerprint density at radius 3 is 2.50 bits per heavy atom. The fourth-order valence-corrected chi connectivity index (χ4v) is 2.30. The molecule has 0 aliphatic heterocycles. The minimum atomic E-state index is 0.421. The van der Waals surface area contributed by atoms with Crippen LogP contribution in [0.4, 0.5) is 5.69 Å². The van der Waals surface area contributed by atoms with E-state index < -0.39 is 0 Å². The third-order valence-electron chi connectivity index (χ3n) is 3.35. The van der Waals surface area contributed by atoms with Gasteiger partial charge in [-0.05, 0) is 43.4 Å². The van der Waals surface area contributed by atoms with Gasteiger partial charge in [-0.15, -0.1) is 0 Å². The minimum Gasteiger partial charge on any atom is -0.455 e. The van der Waals surface area contributed by atoms with Crippen molar-refractivity contribution >= 4 is 29.2 Å². The van der Waals surface area contributed by atoms with Gasteiger partial charge < -0.3 is 9.73 Å². The molecular formula is C19H17N3OS. The topological polar surface area (TPSA) is 49.6 Å². The second kappa shape index (κ2) is 7.57. The lowest BCUT2D eigenvalue weighted by Gasteiger charge is -2.06. The summed E-state index contributed by atoms with van der Waals surface area (Å²) in [6.07, 6.45) is 1.59. The molecule has 24 heavy (non-hydrogen) atoms. The maximum Gasteiger partial charge on any atom is 0.191 e. The molecule has 0 fully saturated rings. The standard InChI is InChI=1S/C19H17N3OS/c1-14-7-9-16(10-8-14)21-19(24)22-20-13-17-11-12-18(23-17)15-5-3-2-4-6-15/h2-13H,1H3,(H2,21,22,24). The predicted octanol–water partition coefficient (Wildman–Crippen LogP) is 4.58. The van der Waals surface area contributed by atoms with Crippen LogP contribution < -0.4 is 10.7 Å². The highest BCUT2D eigenvalue weighted by Crippen LogP contribution is 2.20. The molecule has 2 aromatic carbocycles. The molecule has 0 aliphatic rings.